The van der Waals surface area contributed by atoms with Crippen LogP contribution in [0.2, 0.25) is 0 Å². The minimum Gasteiger partial charge on any atom is -0.312 e. The average Bonchev–Trinajstić information content (AvgIpc) is 2.28. The summed E-state index contributed by atoms with van der Waals surface area (Å²) in [6, 6.07) is 5.98. The van der Waals surface area contributed by atoms with Gasteiger partial charge in [0.25, 0.3) is 0 Å². The van der Waals surface area contributed by atoms with E-state index in [0.29, 0.717) is 12.6 Å². The Labute approximate surface area is 117 Å². The highest BCUT2D eigenvalue weighted by molar-refractivity contribution is 5.85. The zero-order chi connectivity index (χ0) is 13.2. The molecule has 0 aromatic heterocycles. The van der Waals surface area contributed by atoms with Gasteiger partial charge < -0.3 is 5.32 Å². The van der Waals surface area contributed by atoms with Crippen LogP contribution >= 0.6 is 12.4 Å². The van der Waals surface area contributed by atoms with E-state index in [1.165, 1.54) is 12.1 Å². The highest BCUT2D eigenvalue weighted by Gasteiger charge is 2.30. The minimum atomic E-state index is -4.26. The van der Waals surface area contributed by atoms with Gasteiger partial charge in [0.05, 0.1) is 5.56 Å². The molecule has 2 rings (SSSR count). The maximum atomic E-state index is 12.6. The standard InChI is InChI=1S/C13H17F3N2.ClH/c1-10-8-18(6-5-17-10)9-11-3-2-4-12(7-11)13(14,15)16;/h2-4,7,10,17H,5-6,8-9H2,1H3;1H. The van der Waals surface area contributed by atoms with Crippen LogP contribution in [-0.2, 0) is 12.7 Å². The summed E-state index contributed by atoms with van der Waals surface area (Å²) < 4.78 is 37.8. The number of alkyl halides is 3. The largest absolute Gasteiger partial charge is 0.416 e. The van der Waals surface area contributed by atoms with Gasteiger partial charge in [-0.1, -0.05) is 18.2 Å². The quantitative estimate of drug-likeness (QED) is 0.902. The molecular weight excluding hydrogens is 277 g/mol. The van der Waals surface area contributed by atoms with Gasteiger partial charge >= 0.3 is 6.18 Å². The second-order valence-corrected chi connectivity index (χ2v) is 4.79. The topological polar surface area (TPSA) is 15.3 Å². The van der Waals surface area contributed by atoms with Crippen molar-refractivity contribution < 1.29 is 13.2 Å². The molecule has 1 N–H and O–H groups in total. The lowest BCUT2D eigenvalue weighted by Crippen LogP contribution is -2.48. The molecular formula is C13H18ClF3N2. The zero-order valence-electron chi connectivity index (χ0n) is 10.7. The van der Waals surface area contributed by atoms with Gasteiger partial charge in [-0.15, -0.1) is 12.4 Å². The lowest BCUT2D eigenvalue weighted by atomic mass is 10.1. The Balaban J connectivity index is 0.00000180. The Morgan fingerprint density at radius 1 is 1.37 bits per heavy atom. The number of hydrogen-bond acceptors (Lipinski definition) is 2. The average molecular weight is 295 g/mol. The van der Waals surface area contributed by atoms with E-state index in [0.717, 1.165) is 31.3 Å². The molecule has 0 aliphatic carbocycles. The first-order valence-electron chi connectivity index (χ1n) is 6.07. The molecule has 0 amide bonds. The van der Waals surface area contributed by atoms with Crippen molar-refractivity contribution >= 4 is 12.4 Å². The summed E-state index contributed by atoms with van der Waals surface area (Å²) >= 11 is 0. The first kappa shape index (κ1) is 16.3. The van der Waals surface area contributed by atoms with Gasteiger partial charge in [0.2, 0.25) is 0 Å². The minimum absolute atomic E-state index is 0. The number of nitrogens with one attached hydrogen (secondary N) is 1. The SMILES string of the molecule is CC1CN(Cc2cccc(C(F)(F)F)c2)CCN1.Cl. The van der Waals surface area contributed by atoms with Crippen LogP contribution in [0.3, 0.4) is 0 Å². The molecule has 0 bridgehead atoms. The Bertz CT molecular complexity index is 409. The normalized spacial score (nSPS) is 20.9. The van der Waals surface area contributed by atoms with Crippen LogP contribution in [0.5, 0.6) is 0 Å². The molecule has 1 aliphatic heterocycles. The lowest BCUT2D eigenvalue weighted by Gasteiger charge is -2.31. The summed E-state index contributed by atoms with van der Waals surface area (Å²) in [5.74, 6) is 0. The third-order valence-corrected chi connectivity index (χ3v) is 3.11. The van der Waals surface area contributed by atoms with Crippen LogP contribution in [0, 0.1) is 0 Å². The highest BCUT2D eigenvalue weighted by atomic mass is 35.5. The van der Waals surface area contributed by atoms with Crippen LogP contribution in [0.4, 0.5) is 13.2 Å². The molecule has 1 aliphatic rings. The van der Waals surface area contributed by atoms with Crippen LogP contribution in [-0.4, -0.2) is 30.6 Å². The summed E-state index contributed by atoms with van der Waals surface area (Å²) in [6.07, 6.45) is -4.26. The number of rotatable bonds is 2. The summed E-state index contributed by atoms with van der Waals surface area (Å²) in [7, 11) is 0. The lowest BCUT2D eigenvalue weighted by molar-refractivity contribution is -0.137. The van der Waals surface area contributed by atoms with Crippen LogP contribution in [0.1, 0.15) is 18.1 Å². The summed E-state index contributed by atoms with van der Waals surface area (Å²) in [6.45, 7) is 5.30. The van der Waals surface area contributed by atoms with Crippen molar-refractivity contribution in [1.29, 1.82) is 0 Å². The van der Waals surface area contributed by atoms with Gasteiger partial charge in [-0.25, -0.2) is 0 Å². The number of benzene rings is 1. The molecule has 2 nitrogen and oxygen atoms in total. The van der Waals surface area contributed by atoms with Gasteiger partial charge in [0.15, 0.2) is 0 Å². The number of piperazine rings is 1. The molecule has 1 aromatic rings. The van der Waals surface area contributed by atoms with Gasteiger partial charge in [-0.3, -0.25) is 4.90 Å². The van der Waals surface area contributed by atoms with Crippen molar-refractivity contribution in [3.63, 3.8) is 0 Å². The van der Waals surface area contributed by atoms with Crippen molar-refractivity contribution in [1.82, 2.24) is 10.2 Å². The Kier molecular flexibility index (Phi) is 5.64. The second kappa shape index (κ2) is 6.59. The van der Waals surface area contributed by atoms with Gasteiger partial charge in [-0.05, 0) is 18.6 Å². The second-order valence-electron chi connectivity index (χ2n) is 4.79. The van der Waals surface area contributed by atoms with E-state index in [2.05, 4.69) is 17.1 Å². The Hall–Kier alpha value is -0.780. The molecule has 1 fully saturated rings. The fourth-order valence-electron chi connectivity index (χ4n) is 2.26. The van der Waals surface area contributed by atoms with Gasteiger partial charge in [0.1, 0.15) is 0 Å². The van der Waals surface area contributed by atoms with Crippen molar-refractivity contribution in [2.24, 2.45) is 0 Å². The molecule has 19 heavy (non-hydrogen) atoms. The van der Waals surface area contributed by atoms with E-state index in [1.807, 2.05) is 0 Å². The molecule has 108 valence electrons. The van der Waals surface area contributed by atoms with Crippen molar-refractivity contribution in [2.75, 3.05) is 19.6 Å². The molecule has 1 unspecified atom stereocenters. The van der Waals surface area contributed by atoms with E-state index < -0.39 is 11.7 Å². The predicted octanol–water partition coefficient (Wildman–Crippen LogP) is 2.92. The highest BCUT2D eigenvalue weighted by Crippen LogP contribution is 2.29. The molecule has 0 spiro atoms. The Morgan fingerprint density at radius 3 is 2.74 bits per heavy atom. The maximum Gasteiger partial charge on any atom is 0.416 e. The first-order chi connectivity index (χ1) is 8.45. The number of hydrogen-bond donors (Lipinski definition) is 1. The first-order valence-corrected chi connectivity index (χ1v) is 6.07. The van der Waals surface area contributed by atoms with Crippen molar-refractivity contribution in [3.8, 4) is 0 Å². The van der Waals surface area contributed by atoms with E-state index in [-0.39, 0.29) is 12.4 Å². The summed E-state index contributed by atoms with van der Waals surface area (Å²) in [4.78, 5) is 2.18. The number of halogens is 4. The third kappa shape index (κ3) is 4.67. The summed E-state index contributed by atoms with van der Waals surface area (Å²) in [5, 5.41) is 3.31. The smallest absolute Gasteiger partial charge is 0.312 e. The molecule has 0 saturated carbocycles. The third-order valence-electron chi connectivity index (χ3n) is 3.11. The van der Waals surface area contributed by atoms with E-state index in [4.69, 9.17) is 0 Å². The molecule has 1 atom stereocenters. The van der Waals surface area contributed by atoms with Crippen LogP contribution in [0.25, 0.3) is 0 Å². The van der Waals surface area contributed by atoms with E-state index >= 15 is 0 Å². The fourth-order valence-corrected chi connectivity index (χ4v) is 2.26. The van der Waals surface area contributed by atoms with Gasteiger partial charge in [-0.2, -0.15) is 13.2 Å². The van der Waals surface area contributed by atoms with Crippen molar-refractivity contribution in [2.45, 2.75) is 25.7 Å². The molecule has 0 radical (unpaired) electrons. The molecule has 1 aromatic carbocycles. The van der Waals surface area contributed by atoms with Crippen LogP contribution in [0.15, 0.2) is 24.3 Å². The van der Waals surface area contributed by atoms with E-state index in [9.17, 15) is 13.2 Å². The molecule has 1 saturated heterocycles. The zero-order valence-corrected chi connectivity index (χ0v) is 11.5. The molecule has 6 heteroatoms. The fraction of sp³-hybridized carbons (Fsp3) is 0.538. The number of nitrogens with zero attached hydrogens (tertiary/aromatic N) is 1. The predicted molar refractivity (Wildman–Crippen MR) is 71.4 cm³/mol. The maximum absolute atomic E-state index is 12.6. The monoisotopic (exact) mass is 294 g/mol. The Morgan fingerprint density at radius 2 is 2.11 bits per heavy atom. The van der Waals surface area contributed by atoms with Crippen LogP contribution < -0.4 is 5.32 Å². The van der Waals surface area contributed by atoms with Gasteiger partial charge in [0, 0.05) is 32.2 Å². The summed E-state index contributed by atoms with van der Waals surface area (Å²) in [5.41, 5.74) is 0.155. The molecule has 1 heterocycles. The van der Waals surface area contributed by atoms with Crippen molar-refractivity contribution in [3.05, 3.63) is 35.4 Å². The van der Waals surface area contributed by atoms with E-state index in [1.54, 1.807) is 6.07 Å².